The van der Waals surface area contributed by atoms with Crippen LogP contribution in [-0.4, -0.2) is 32.0 Å². The van der Waals surface area contributed by atoms with Crippen molar-refractivity contribution >= 4 is 0 Å². The highest BCUT2D eigenvalue weighted by Gasteiger charge is 2.32. The third-order valence-electron chi connectivity index (χ3n) is 4.36. The Bertz CT molecular complexity index is 442. The molecular weight excluding hydrogens is 266 g/mol. The van der Waals surface area contributed by atoms with Crippen LogP contribution >= 0.6 is 0 Å². The van der Waals surface area contributed by atoms with Crippen molar-refractivity contribution in [2.24, 2.45) is 5.41 Å². The van der Waals surface area contributed by atoms with Gasteiger partial charge in [0.25, 0.3) is 0 Å². The van der Waals surface area contributed by atoms with Gasteiger partial charge in [-0.1, -0.05) is 18.9 Å². The highest BCUT2D eigenvalue weighted by Crippen LogP contribution is 2.37. The Balaban J connectivity index is 1.91. The van der Waals surface area contributed by atoms with Crippen molar-refractivity contribution in [3.05, 3.63) is 23.8 Å². The van der Waals surface area contributed by atoms with E-state index in [4.69, 9.17) is 9.47 Å². The van der Waals surface area contributed by atoms with Crippen LogP contribution in [0.3, 0.4) is 0 Å². The quantitative estimate of drug-likeness (QED) is 0.774. The van der Waals surface area contributed by atoms with Crippen molar-refractivity contribution in [3.63, 3.8) is 0 Å². The van der Waals surface area contributed by atoms with Gasteiger partial charge in [-0.05, 0) is 37.5 Å². The maximum Gasteiger partial charge on any atom is 0.161 e. The lowest BCUT2D eigenvalue weighted by molar-refractivity contribution is 0.128. The molecule has 1 saturated carbocycles. The molecule has 118 valence electrons. The molecule has 2 rings (SSSR count). The lowest BCUT2D eigenvalue weighted by Crippen LogP contribution is -2.34. The molecule has 0 bridgehead atoms. The van der Waals surface area contributed by atoms with Crippen LogP contribution in [0, 0.1) is 5.41 Å². The minimum atomic E-state index is 0.0926. The summed E-state index contributed by atoms with van der Waals surface area (Å²) in [6, 6.07) is 6.02. The van der Waals surface area contributed by atoms with Gasteiger partial charge in [0.1, 0.15) is 0 Å². The predicted molar refractivity (Wildman–Crippen MR) is 83.9 cm³/mol. The van der Waals surface area contributed by atoms with Crippen molar-refractivity contribution in [1.82, 2.24) is 5.32 Å². The molecule has 1 aliphatic carbocycles. The molecule has 2 N–H and O–H groups in total. The number of hydrogen-bond donors (Lipinski definition) is 2. The molecule has 1 aromatic rings. The molecule has 1 aliphatic rings. The van der Waals surface area contributed by atoms with Crippen molar-refractivity contribution in [1.29, 1.82) is 0 Å². The monoisotopic (exact) mass is 293 g/mol. The van der Waals surface area contributed by atoms with E-state index in [0.29, 0.717) is 6.61 Å². The van der Waals surface area contributed by atoms with E-state index < -0.39 is 0 Å². The SMILES string of the molecule is CCOc1ccc(CNCC2(CO)CCCC2)cc1OC. The Labute approximate surface area is 127 Å². The predicted octanol–water partition coefficient (Wildman–Crippen LogP) is 2.74. The minimum absolute atomic E-state index is 0.0926. The summed E-state index contributed by atoms with van der Waals surface area (Å²) >= 11 is 0. The summed E-state index contributed by atoms with van der Waals surface area (Å²) in [5.41, 5.74) is 1.26. The maximum absolute atomic E-state index is 9.61. The molecule has 4 nitrogen and oxygen atoms in total. The normalized spacial score (nSPS) is 16.9. The molecule has 21 heavy (non-hydrogen) atoms. The second-order valence-electron chi connectivity index (χ2n) is 5.89. The van der Waals surface area contributed by atoms with Crippen molar-refractivity contribution in [2.45, 2.75) is 39.2 Å². The summed E-state index contributed by atoms with van der Waals surface area (Å²) in [5, 5.41) is 13.1. The van der Waals surface area contributed by atoms with Gasteiger partial charge >= 0.3 is 0 Å². The van der Waals surface area contributed by atoms with Crippen LogP contribution < -0.4 is 14.8 Å². The van der Waals surface area contributed by atoms with Crippen LogP contribution in [0.5, 0.6) is 11.5 Å². The van der Waals surface area contributed by atoms with Gasteiger partial charge in [-0.25, -0.2) is 0 Å². The molecule has 0 spiro atoms. The molecule has 0 aromatic heterocycles. The van der Waals surface area contributed by atoms with E-state index in [2.05, 4.69) is 11.4 Å². The number of rotatable bonds is 8. The van der Waals surface area contributed by atoms with E-state index in [1.54, 1.807) is 7.11 Å². The second kappa shape index (κ2) is 7.66. The zero-order chi connectivity index (χ0) is 15.1. The van der Waals surface area contributed by atoms with E-state index >= 15 is 0 Å². The number of nitrogens with one attached hydrogen (secondary N) is 1. The molecular formula is C17H27NO3. The fraction of sp³-hybridized carbons (Fsp3) is 0.647. The zero-order valence-corrected chi connectivity index (χ0v) is 13.2. The molecule has 0 unspecified atom stereocenters. The average molecular weight is 293 g/mol. The molecule has 0 heterocycles. The number of ether oxygens (including phenoxy) is 2. The highest BCUT2D eigenvalue weighted by atomic mass is 16.5. The highest BCUT2D eigenvalue weighted by molar-refractivity contribution is 5.42. The first-order chi connectivity index (χ1) is 10.2. The van der Waals surface area contributed by atoms with Gasteiger partial charge in [0.2, 0.25) is 0 Å². The molecule has 0 radical (unpaired) electrons. The van der Waals surface area contributed by atoms with Gasteiger partial charge in [-0.15, -0.1) is 0 Å². The van der Waals surface area contributed by atoms with Gasteiger partial charge < -0.3 is 19.9 Å². The molecule has 1 aromatic carbocycles. The van der Waals surface area contributed by atoms with Crippen LogP contribution in [0.15, 0.2) is 18.2 Å². The summed E-state index contributed by atoms with van der Waals surface area (Å²) in [6.45, 7) is 4.54. The molecule has 0 aliphatic heterocycles. The molecule has 0 saturated heterocycles. The summed E-state index contributed by atoms with van der Waals surface area (Å²) in [7, 11) is 1.66. The summed E-state index contributed by atoms with van der Waals surface area (Å²) in [4.78, 5) is 0. The first-order valence-corrected chi connectivity index (χ1v) is 7.84. The van der Waals surface area contributed by atoms with Crippen LogP contribution in [0.1, 0.15) is 38.2 Å². The van der Waals surface area contributed by atoms with Gasteiger partial charge in [0.15, 0.2) is 11.5 Å². The third kappa shape index (κ3) is 4.11. The summed E-state index contributed by atoms with van der Waals surface area (Å²) in [5.74, 6) is 1.56. The lowest BCUT2D eigenvalue weighted by Gasteiger charge is -2.26. The number of hydrogen-bond acceptors (Lipinski definition) is 4. The molecule has 0 atom stereocenters. The Morgan fingerprint density at radius 1 is 1.24 bits per heavy atom. The van der Waals surface area contributed by atoms with Crippen molar-refractivity contribution in [2.75, 3.05) is 26.9 Å². The standard InChI is InChI=1S/C17H27NO3/c1-3-21-15-7-6-14(10-16(15)20-2)11-18-12-17(13-19)8-4-5-9-17/h6-7,10,18-19H,3-5,8-9,11-13H2,1-2H3. The van der Waals surface area contributed by atoms with E-state index in [0.717, 1.165) is 37.4 Å². The van der Waals surface area contributed by atoms with Gasteiger partial charge in [0.05, 0.1) is 13.7 Å². The minimum Gasteiger partial charge on any atom is -0.493 e. The van der Waals surface area contributed by atoms with E-state index in [1.165, 1.54) is 18.4 Å². The van der Waals surface area contributed by atoms with Crippen molar-refractivity contribution < 1.29 is 14.6 Å². The molecule has 0 amide bonds. The first kappa shape index (κ1) is 16.1. The maximum atomic E-state index is 9.61. The van der Waals surface area contributed by atoms with Crippen LogP contribution in [0.4, 0.5) is 0 Å². The van der Waals surface area contributed by atoms with E-state index in [1.807, 2.05) is 19.1 Å². The topological polar surface area (TPSA) is 50.7 Å². The Morgan fingerprint density at radius 3 is 2.62 bits per heavy atom. The fourth-order valence-corrected chi connectivity index (χ4v) is 3.08. The molecule has 4 heteroatoms. The number of aliphatic hydroxyl groups excluding tert-OH is 1. The zero-order valence-electron chi connectivity index (χ0n) is 13.2. The first-order valence-electron chi connectivity index (χ1n) is 7.84. The Hall–Kier alpha value is -1.26. The summed E-state index contributed by atoms with van der Waals surface area (Å²) < 4.78 is 10.9. The van der Waals surface area contributed by atoms with E-state index in [9.17, 15) is 5.11 Å². The number of benzene rings is 1. The van der Waals surface area contributed by atoms with Crippen LogP contribution in [-0.2, 0) is 6.54 Å². The van der Waals surface area contributed by atoms with Crippen LogP contribution in [0.25, 0.3) is 0 Å². The third-order valence-corrected chi connectivity index (χ3v) is 4.36. The summed E-state index contributed by atoms with van der Waals surface area (Å²) in [6.07, 6.45) is 4.73. The smallest absolute Gasteiger partial charge is 0.161 e. The second-order valence-corrected chi connectivity index (χ2v) is 5.89. The number of aliphatic hydroxyl groups is 1. The Morgan fingerprint density at radius 2 is 2.00 bits per heavy atom. The average Bonchev–Trinajstić information content (AvgIpc) is 2.98. The number of methoxy groups -OCH3 is 1. The largest absolute Gasteiger partial charge is 0.493 e. The Kier molecular flexibility index (Phi) is 5.88. The van der Waals surface area contributed by atoms with E-state index in [-0.39, 0.29) is 12.0 Å². The molecule has 1 fully saturated rings. The van der Waals surface area contributed by atoms with Gasteiger partial charge in [-0.3, -0.25) is 0 Å². The van der Waals surface area contributed by atoms with Crippen molar-refractivity contribution in [3.8, 4) is 11.5 Å². The van der Waals surface area contributed by atoms with Crippen LogP contribution in [0.2, 0.25) is 0 Å². The fourth-order valence-electron chi connectivity index (χ4n) is 3.08. The lowest BCUT2D eigenvalue weighted by atomic mass is 9.87. The van der Waals surface area contributed by atoms with Gasteiger partial charge in [0, 0.05) is 25.1 Å². The van der Waals surface area contributed by atoms with Gasteiger partial charge in [-0.2, -0.15) is 0 Å².